The van der Waals surface area contributed by atoms with E-state index in [1.54, 1.807) is 7.11 Å². The zero-order valence-electron chi connectivity index (χ0n) is 10.7. The van der Waals surface area contributed by atoms with Crippen molar-refractivity contribution in [3.63, 3.8) is 0 Å². The van der Waals surface area contributed by atoms with Gasteiger partial charge in [-0.1, -0.05) is 27.2 Å². The van der Waals surface area contributed by atoms with Crippen molar-refractivity contribution in [1.29, 1.82) is 0 Å². The van der Waals surface area contributed by atoms with Crippen LogP contribution in [0, 0.1) is 5.92 Å². The van der Waals surface area contributed by atoms with Gasteiger partial charge in [0.1, 0.15) is 0 Å². The summed E-state index contributed by atoms with van der Waals surface area (Å²) in [4.78, 5) is 0. The molecule has 15 heavy (non-hydrogen) atoms. The van der Waals surface area contributed by atoms with E-state index in [0.29, 0.717) is 12.0 Å². The van der Waals surface area contributed by atoms with Crippen LogP contribution >= 0.6 is 0 Å². The van der Waals surface area contributed by atoms with E-state index in [0.717, 1.165) is 32.8 Å². The summed E-state index contributed by atoms with van der Waals surface area (Å²) >= 11 is 0. The molecular formula is C12H27NO2. The normalized spacial score (nSPS) is 15.2. The highest BCUT2D eigenvalue weighted by Crippen LogP contribution is 2.08. The summed E-state index contributed by atoms with van der Waals surface area (Å²) < 4.78 is 10.6. The third-order valence-electron chi connectivity index (χ3n) is 2.73. The Kier molecular flexibility index (Phi) is 10.3. The lowest BCUT2D eigenvalue weighted by atomic mass is 10.00. The highest BCUT2D eigenvalue weighted by molar-refractivity contribution is 4.71. The molecule has 3 heteroatoms. The monoisotopic (exact) mass is 217 g/mol. The lowest BCUT2D eigenvalue weighted by Crippen LogP contribution is -2.38. The van der Waals surface area contributed by atoms with Gasteiger partial charge < -0.3 is 14.8 Å². The van der Waals surface area contributed by atoms with Crippen LogP contribution < -0.4 is 5.32 Å². The molecule has 0 amide bonds. The molecule has 2 unspecified atom stereocenters. The third kappa shape index (κ3) is 7.77. The van der Waals surface area contributed by atoms with E-state index in [1.807, 2.05) is 0 Å². The first kappa shape index (κ1) is 14.9. The Bertz CT molecular complexity index is 131. The number of rotatable bonds is 10. The van der Waals surface area contributed by atoms with Crippen LogP contribution in [0.5, 0.6) is 0 Å². The summed E-state index contributed by atoms with van der Waals surface area (Å²) in [6.45, 7) is 10.0. The minimum absolute atomic E-state index is 0.488. The van der Waals surface area contributed by atoms with E-state index in [9.17, 15) is 0 Å². The van der Waals surface area contributed by atoms with E-state index >= 15 is 0 Å². The fraction of sp³-hybridized carbons (Fsp3) is 1.00. The molecule has 1 N–H and O–H groups in total. The summed E-state index contributed by atoms with van der Waals surface area (Å²) in [5, 5.41) is 3.47. The minimum atomic E-state index is 0.488. The van der Waals surface area contributed by atoms with Crippen molar-refractivity contribution in [3.8, 4) is 0 Å². The van der Waals surface area contributed by atoms with Crippen LogP contribution in [0.4, 0.5) is 0 Å². The molecule has 0 saturated heterocycles. The van der Waals surface area contributed by atoms with Crippen molar-refractivity contribution in [2.45, 2.75) is 39.7 Å². The van der Waals surface area contributed by atoms with Gasteiger partial charge in [0, 0.05) is 26.4 Å². The molecule has 0 bridgehead atoms. The number of hydrogen-bond acceptors (Lipinski definition) is 3. The number of ether oxygens (including phenoxy) is 2. The average molecular weight is 217 g/mol. The van der Waals surface area contributed by atoms with Crippen LogP contribution in [0.2, 0.25) is 0 Å². The molecule has 0 aliphatic carbocycles. The molecule has 2 atom stereocenters. The first-order valence-corrected chi connectivity index (χ1v) is 6.06. The highest BCUT2D eigenvalue weighted by atomic mass is 16.5. The fourth-order valence-corrected chi connectivity index (χ4v) is 1.49. The van der Waals surface area contributed by atoms with Gasteiger partial charge in [-0.15, -0.1) is 0 Å². The van der Waals surface area contributed by atoms with Crippen molar-refractivity contribution < 1.29 is 9.47 Å². The Labute approximate surface area is 94.5 Å². The van der Waals surface area contributed by atoms with Gasteiger partial charge in [-0.05, 0) is 18.9 Å². The molecule has 0 aliphatic rings. The van der Waals surface area contributed by atoms with Gasteiger partial charge >= 0.3 is 0 Å². The first-order valence-electron chi connectivity index (χ1n) is 6.06. The van der Waals surface area contributed by atoms with E-state index in [4.69, 9.17) is 9.47 Å². The molecule has 0 spiro atoms. The largest absolute Gasteiger partial charge is 0.385 e. The van der Waals surface area contributed by atoms with E-state index in [1.165, 1.54) is 6.42 Å². The smallest absolute Gasteiger partial charge is 0.0622 e. The number of likely N-dealkylation sites (N-methyl/N-ethyl adjacent to an activating group) is 1. The van der Waals surface area contributed by atoms with E-state index in [2.05, 4.69) is 26.1 Å². The summed E-state index contributed by atoms with van der Waals surface area (Å²) in [5.74, 6) is 0.673. The molecule has 0 heterocycles. The standard InChI is InChI=1S/C12H27NO2/c1-5-11(3)12(13-6-2)10-15-9-7-8-14-4/h11-13H,5-10H2,1-4H3. The van der Waals surface area contributed by atoms with Gasteiger partial charge in [-0.25, -0.2) is 0 Å². The van der Waals surface area contributed by atoms with Crippen molar-refractivity contribution in [2.75, 3.05) is 33.5 Å². The van der Waals surface area contributed by atoms with Gasteiger partial charge in [0.15, 0.2) is 0 Å². The van der Waals surface area contributed by atoms with Crippen LogP contribution in [0.1, 0.15) is 33.6 Å². The maximum Gasteiger partial charge on any atom is 0.0622 e. The molecule has 0 aromatic carbocycles. The van der Waals surface area contributed by atoms with Crippen LogP contribution in [0.15, 0.2) is 0 Å². The molecular weight excluding hydrogens is 190 g/mol. The second kappa shape index (κ2) is 10.4. The number of nitrogens with one attached hydrogen (secondary N) is 1. The van der Waals surface area contributed by atoms with Gasteiger partial charge in [0.05, 0.1) is 6.61 Å². The Balaban J connectivity index is 3.56. The number of methoxy groups -OCH3 is 1. The number of hydrogen-bond donors (Lipinski definition) is 1. The molecule has 0 rings (SSSR count). The summed E-state index contributed by atoms with van der Waals surface area (Å²) in [5.41, 5.74) is 0. The fourth-order valence-electron chi connectivity index (χ4n) is 1.49. The Morgan fingerprint density at radius 2 is 1.93 bits per heavy atom. The quantitative estimate of drug-likeness (QED) is 0.568. The molecule has 92 valence electrons. The molecule has 0 aromatic heterocycles. The van der Waals surface area contributed by atoms with Gasteiger partial charge in [-0.2, -0.15) is 0 Å². The van der Waals surface area contributed by atoms with Crippen LogP contribution in [-0.2, 0) is 9.47 Å². The van der Waals surface area contributed by atoms with Crippen molar-refractivity contribution >= 4 is 0 Å². The highest BCUT2D eigenvalue weighted by Gasteiger charge is 2.14. The van der Waals surface area contributed by atoms with Crippen molar-refractivity contribution in [1.82, 2.24) is 5.32 Å². The average Bonchev–Trinajstić information content (AvgIpc) is 2.26. The van der Waals surface area contributed by atoms with Gasteiger partial charge in [0.25, 0.3) is 0 Å². The van der Waals surface area contributed by atoms with Crippen LogP contribution in [0.25, 0.3) is 0 Å². The Morgan fingerprint density at radius 3 is 2.47 bits per heavy atom. The zero-order chi connectivity index (χ0) is 11.5. The lowest BCUT2D eigenvalue weighted by Gasteiger charge is -2.23. The molecule has 0 radical (unpaired) electrons. The van der Waals surface area contributed by atoms with E-state index in [-0.39, 0.29) is 0 Å². The van der Waals surface area contributed by atoms with E-state index < -0.39 is 0 Å². The zero-order valence-corrected chi connectivity index (χ0v) is 10.7. The predicted octanol–water partition coefficient (Wildman–Crippen LogP) is 2.06. The SMILES string of the molecule is CCNC(COCCCOC)C(C)CC. The lowest BCUT2D eigenvalue weighted by molar-refractivity contribution is 0.0763. The molecule has 0 saturated carbocycles. The Hall–Kier alpha value is -0.120. The van der Waals surface area contributed by atoms with Crippen molar-refractivity contribution in [2.24, 2.45) is 5.92 Å². The maximum absolute atomic E-state index is 5.63. The summed E-state index contributed by atoms with van der Waals surface area (Å²) in [7, 11) is 1.72. The summed E-state index contributed by atoms with van der Waals surface area (Å²) in [6.07, 6.45) is 2.18. The first-order chi connectivity index (χ1) is 7.26. The van der Waals surface area contributed by atoms with Crippen LogP contribution in [0.3, 0.4) is 0 Å². The maximum atomic E-state index is 5.63. The molecule has 3 nitrogen and oxygen atoms in total. The molecule has 0 aromatic rings. The summed E-state index contributed by atoms with van der Waals surface area (Å²) in [6, 6.07) is 0.488. The topological polar surface area (TPSA) is 30.5 Å². The molecule has 0 fully saturated rings. The van der Waals surface area contributed by atoms with Crippen molar-refractivity contribution in [3.05, 3.63) is 0 Å². The minimum Gasteiger partial charge on any atom is -0.385 e. The van der Waals surface area contributed by atoms with Gasteiger partial charge in [-0.3, -0.25) is 0 Å². The van der Waals surface area contributed by atoms with Gasteiger partial charge in [0.2, 0.25) is 0 Å². The van der Waals surface area contributed by atoms with Crippen LogP contribution in [-0.4, -0.2) is 39.5 Å². The Morgan fingerprint density at radius 1 is 1.20 bits per heavy atom. The third-order valence-corrected chi connectivity index (χ3v) is 2.73. The second-order valence-electron chi connectivity index (χ2n) is 3.97. The molecule has 0 aliphatic heterocycles. The second-order valence-corrected chi connectivity index (χ2v) is 3.97. The predicted molar refractivity (Wildman–Crippen MR) is 64.2 cm³/mol.